The summed E-state index contributed by atoms with van der Waals surface area (Å²) in [6.07, 6.45) is 0. The molecular formula is C21H22N2O3S. The summed E-state index contributed by atoms with van der Waals surface area (Å²) >= 11 is 5.30. The Morgan fingerprint density at radius 2 is 1.81 bits per heavy atom. The van der Waals surface area contributed by atoms with E-state index in [0.717, 1.165) is 11.1 Å². The molecule has 1 aliphatic heterocycles. The smallest absolute Gasteiger partial charge is 0.338 e. The number of nitrogens with one attached hydrogen (secondary N) is 2. The zero-order valence-corrected chi connectivity index (χ0v) is 16.1. The van der Waals surface area contributed by atoms with Crippen LogP contribution in [0, 0.1) is 0 Å². The van der Waals surface area contributed by atoms with Crippen molar-refractivity contribution in [2.24, 2.45) is 0 Å². The number of benzene rings is 2. The standard InChI is InChI=1S/C21H22N2O3S/c1-3-25-20(24)18-14(2)22-21(27)23-19(18)16-11-7-8-12-17(16)26-13-15-9-5-4-6-10-15/h4-12,19H,3,13H2,1-2H3,(H2,22,23,27)/t19-/m1/s1. The van der Waals surface area contributed by atoms with Crippen molar-refractivity contribution < 1.29 is 14.3 Å². The van der Waals surface area contributed by atoms with E-state index in [1.54, 1.807) is 6.92 Å². The van der Waals surface area contributed by atoms with Crippen LogP contribution in [0.5, 0.6) is 5.75 Å². The number of para-hydroxylation sites is 1. The first-order valence-corrected chi connectivity index (χ1v) is 9.22. The Morgan fingerprint density at radius 1 is 1.11 bits per heavy atom. The van der Waals surface area contributed by atoms with Crippen LogP contribution in [0.3, 0.4) is 0 Å². The SMILES string of the molecule is CCOC(=O)C1=C(C)NC(=S)N[C@@H]1c1ccccc1OCc1ccccc1. The molecule has 1 heterocycles. The van der Waals surface area contributed by atoms with Gasteiger partial charge in [0, 0.05) is 11.3 Å². The molecule has 2 aromatic rings. The van der Waals surface area contributed by atoms with Gasteiger partial charge in [0.2, 0.25) is 0 Å². The van der Waals surface area contributed by atoms with E-state index in [1.165, 1.54) is 0 Å². The number of hydrogen-bond donors (Lipinski definition) is 2. The Bertz CT molecular complexity index is 865. The van der Waals surface area contributed by atoms with Crippen LogP contribution in [-0.4, -0.2) is 17.7 Å². The molecule has 3 rings (SSSR count). The van der Waals surface area contributed by atoms with E-state index >= 15 is 0 Å². The number of allylic oxidation sites excluding steroid dienone is 1. The molecule has 0 radical (unpaired) electrons. The van der Waals surface area contributed by atoms with Crippen LogP contribution in [-0.2, 0) is 16.1 Å². The van der Waals surface area contributed by atoms with E-state index in [4.69, 9.17) is 21.7 Å². The average Bonchev–Trinajstić information content (AvgIpc) is 2.67. The van der Waals surface area contributed by atoms with Gasteiger partial charge >= 0.3 is 5.97 Å². The molecule has 27 heavy (non-hydrogen) atoms. The molecule has 5 nitrogen and oxygen atoms in total. The van der Waals surface area contributed by atoms with E-state index in [1.807, 2.05) is 61.5 Å². The fourth-order valence-electron chi connectivity index (χ4n) is 2.99. The second-order valence-corrected chi connectivity index (χ2v) is 6.51. The van der Waals surface area contributed by atoms with Crippen molar-refractivity contribution in [3.63, 3.8) is 0 Å². The third kappa shape index (κ3) is 4.46. The second kappa shape index (κ2) is 8.68. The molecule has 0 amide bonds. The highest BCUT2D eigenvalue weighted by molar-refractivity contribution is 7.80. The zero-order chi connectivity index (χ0) is 19.2. The molecular weight excluding hydrogens is 360 g/mol. The summed E-state index contributed by atoms with van der Waals surface area (Å²) in [4.78, 5) is 12.5. The van der Waals surface area contributed by atoms with Crippen molar-refractivity contribution in [1.29, 1.82) is 0 Å². The third-order valence-corrected chi connectivity index (χ3v) is 4.45. The summed E-state index contributed by atoms with van der Waals surface area (Å²) in [5.41, 5.74) is 3.08. The Labute approximate surface area is 164 Å². The number of carbonyl (C=O) groups excluding carboxylic acids is 1. The van der Waals surface area contributed by atoms with E-state index in [-0.39, 0.29) is 5.97 Å². The predicted octanol–water partition coefficient (Wildman–Crippen LogP) is 3.62. The Morgan fingerprint density at radius 3 is 2.56 bits per heavy atom. The maximum Gasteiger partial charge on any atom is 0.338 e. The van der Waals surface area contributed by atoms with E-state index in [2.05, 4.69) is 10.6 Å². The lowest BCUT2D eigenvalue weighted by Gasteiger charge is -2.30. The van der Waals surface area contributed by atoms with Crippen molar-refractivity contribution in [3.05, 3.63) is 77.0 Å². The normalized spacial score (nSPS) is 16.4. The fourth-order valence-corrected chi connectivity index (χ4v) is 3.26. The molecule has 0 saturated heterocycles. The van der Waals surface area contributed by atoms with Crippen LogP contribution in [0.4, 0.5) is 0 Å². The van der Waals surface area contributed by atoms with Crippen LogP contribution >= 0.6 is 12.2 Å². The van der Waals surface area contributed by atoms with Crippen molar-refractivity contribution >= 4 is 23.3 Å². The second-order valence-electron chi connectivity index (χ2n) is 6.10. The monoisotopic (exact) mass is 382 g/mol. The van der Waals surface area contributed by atoms with E-state index in [0.29, 0.717) is 35.3 Å². The molecule has 0 aliphatic carbocycles. The Balaban J connectivity index is 1.92. The molecule has 140 valence electrons. The van der Waals surface area contributed by atoms with Gasteiger partial charge in [0.1, 0.15) is 12.4 Å². The van der Waals surface area contributed by atoms with Crippen molar-refractivity contribution in [2.75, 3.05) is 6.61 Å². The lowest BCUT2D eigenvalue weighted by Crippen LogP contribution is -2.45. The largest absolute Gasteiger partial charge is 0.489 e. The molecule has 0 bridgehead atoms. The summed E-state index contributed by atoms with van der Waals surface area (Å²) in [5, 5.41) is 6.64. The summed E-state index contributed by atoms with van der Waals surface area (Å²) in [6.45, 7) is 4.34. The molecule has 0 fully saturated rings. The van der Waals surface area contributed by atoms with Gasteiger partial charge in [-0.1, -0.05) is 48.5 Å². The van der Waals surface area contributed by atoms with Crippen molar-refractivity contribution in [1.82, 2.24) is 10.6 Å². The van der Waals surface area contributed by atoms with E-state index in [9.17, 15) is 4.79 Å². The highest BCUT2D eigenvalue weighted by atomic mass is 32.1. The summed E-state index contributed by atoms with van der Waals surface area (Å²) in [5.74, 6) is 0.318. The van der Waals surface area contributed by atoms with Gasteiger partial charge in [-0.25, -0.2) is 4.79 Å². The summed E-state index contributed by atoms with van der Waals surface area (Å²) in [7, 11) is 0. The molecule has 0 aromatic heterocycles. The first-order chi connectivity index (χ1) is 13.1. The number of ether oxygens (including phenoxy) is 2. The molecule has 2 aromatic carbocycles. The highest BCUT2D eigenvalue weighted by Crippen LogP contribution is 2.33. The molecule has 1 aliphatic rings. The quantitative estimate of drug-likeness (QED) is 0.588. The van der Waals surface area contributed by atoms with Gasteiger partial charge in [0.25, 0.3) is 0 Å². The topological polar surface area (TPSA) is 59.6 Å². The lowest BCUT2D eigenvalue weighted by atomic mass is 9.95. The van der Waals surface area contributed by atoms with Crippen LogP contribution in [0.15, 0.2) is 65.9 Å². The number of thiocarbonyl (C=S) groups is 1. The van der Waals surface area contributed by atoms with Gasteiger partial charge in [-0.3, -0.25) is 0 Å². The maximum absolute atomic E-state index is 12.5. The van der Waals surface area contributed by atoms with Gasteiger partial charge in [-0.05, 0) is 37.7 Å². The van der Waals surface area contributed by atoms with E-state index < -0.39 is 6.04 Å². The summed E-state index contributed by atoms with van der Waals surface area (Å²) < 4.78 is 11.3. The van der Waals surface area contributed by atoms with Crippen LogP contribution < -0.4 is 15.4 Å². The first-order valence-electron chi connectivity index (χ1n) is 8.81. The maximum atomic E-state index is 12.5. The first kappa shape index (κ1) is 18.9. The Kier molecular flexibility index (Phi) is 6.08. The molecule has 1 atom stereocenters. The van der Waals surface area contributed by atoms with Crippen molar-refractivity contribution in [2.45, 2.75) is 26.5 Å². The van der Waals surface area contributed by atoms with Crippen LogP contribution in [0.1, 0.15) is 31.0 Å². The molecule has 6 heteroatoms. The van der Waals surface area contributed by atoms with Gasteiger partial charge in [-0.15, -0.1) is 0 Å². The predicted molar refractivity (Wildman–Crippen MR) is 108 cm³/mol. The minimum absolute atomic E-state index is 0.304. The number of carbonyl (C=O) groups is 1. The Hall–Kier alpha value is -2.86. The number of rotatable bonds is 6. The van der Waals surface area contributed by atoms with Gasteiger partial charge in [-0.2, -0.15) is 0 Å². The highest BCUT2D eigenvalue weighted by Gasteiger charge is 2.32. The third-order valence-electron chi connectivity index (χ3n) is 4.23. The lowest BCUT2D eigenvalue weighted by molar-refractivity contribution is -0.139. The average molecular weight is 382 g/mol. The minimum Gasteiger partial charge on any atom is -0.489 e. The van der Waals surface area contributed by atoms with Gasteiger partial charge < -0.3 is 20.1 Å². The molecule has 0 saturated carbocycles. The summed E-state index contributed by atoms with van der Waals surface area (Å²) in [6, 6.07) is 17.1. The van der Waals surface area contributed by atoms with Crippen LogP contribution in [0.25, 0.3) is 0 Å². The van der Waals surface area contributed by atoms with Gasteiger partial charge in [0.15, 0.2) is 5.11 Å². The number of hydrogen-bond acceptors (Lipinski definition) is 4. The number of esters is 1. The van der Waals surface area contributed by atoms with Crippen LogP contribution in [0.2, 0.25) is 0 Å². The van der Waals surface area contributed by atoms with Crippen molar-refractivity contribution in [3.8, 4) is 5.75 Å². The van der Waals surface area contributed by atoms with Gasteiger partial charge in [0.05, 0.1) is 18.2 Å². The minimum atomic E-state index is -0.440. The molecule has 2 N–H and O–H groups in total. The fraction of sp³-hybridized carbons (Fsp3) is 0.238. The zero-order valence-electron chi connectivity index (χ0n) is 15.3. The molecule has 0 unspecified atom stereocenters. The molecule has 0 spiro atoms.